The van der Waals surface area contributed by atoms with E-state index in [2.05, 4.69) is 4.98 Å². The Morgan fingerprint density at radius 3 is 2.87 bits per heavy atom. The van der Waals surface area contributed by atoms with Gasteiger partial charge < -0.3 is 18.8 Å². The fourth-order valence-corrected chi connectivity index (χ4v) is 1.57. The lowest BCUT2D eigenvalue weighted by Crippen LogP contribution is -2.36. The first-order valence-corrected chi connectivity index (χ1v) is 5.04. The molecule has 1 aliphatic heterocycles. The third-order valence-electron chi connectivity index (χ3n) is 2.43. The lowest BCUT2D eigenvalue weighted by atomic mass is 10.3. The number of carbonyl (C=O) groups excluding carboxylic acids is 1. The number of oxazole rings is 1. The van der Waals surface area contributed by atoms with Crippen LogP contribution in [-0.2, 0) is 16.0 Å². The van der Waals surface area contributed by atoms with Gasteiger partial charge in [-0.25, -0.2) is 0 Å². The Kier molecular flexibility index (Phi) is 3.01. The highest BCUT2D eigenvalue weighted by Gasteiger charge is 2.18. The van der Waals surface area contributed by atoms with Crippen molar-refractivity contribution in [2.75, 3.05) is 31.2 Å². The minimum atomic E-state index is 0.295. The summed E-state index contributed by atoms with van der Waals surface area (Å²) in [6, 6.07) is 0.604. The number of hydrogen-bond acceptors (Lipinski definition) is 5. The van der Waals surface area contributed by atoms with Crippen LogP contribution in [0.3, 0.4) is 0 Å². The normalized spacial score (nSPS) is 16.7. The molecule has 1 aliphatic rings. The molecule has 1 fully saturated rings. The van der Waals surface area contributed by atoms with Crippen LogP contribution in [-0.4, -0.2) is 37.6 Å². The molecular weight excluding hydrogens is 196 g/mol. The van der Waals surface area contributed by atoms with Crippen molar-refractivity contribution in [3.63, 3.8) is 0 Å². The predicted molar refractivity (Wildman–Crippen MR) is 54.0 cm³/mol. The second-order valence-corrected chi connectivity index (χ2v) is 3.48. The number of hydrogen-bond donors (Lipinski definition) is 0. The van der Waals surface area contributed by atoms with Crippen LogP contribution in [0, 0.1) is 6.92 Å². The second-order valence-electron chi connectivity index (χ2n) is 3.48. The lowest BCUT2D eigenvalue weighted by molar-refractivity contribution is -0.107. The summed E-state index contributed by atoms with van der Waals surface area (Å²) in [5.74, 6) is 0.659. The third-order valence-corrected chi connectivity index (χ3v) is 2.43. The van der Waals surface area contributed by atoms with Gasteiger partial charge in [-0.1, -0.05) is 0 Å². The van der Waals surface area contributed by atoms with Crippen molar-refractivity contribution in [1.82, 2.24) is 4.98 Å². The standard InChI is InChI=1S/C10H14N2O3/c1-8-9(2-5-13)15-10(11-8)12-3-6-14-7-4-12/h5H,2-4,6-7H2,1H3. The molecule has 5 nitrogen and oxygen atoms in total. The molecule has 82 valence electrons. The molecule has 0 aliphatic carbocycles. The molecule has 2 heterocycles. The molecule has 0 aromatic carbocycles. The van der Waals surface area contributed by atoms with E-state index in [4.69, 9.17) is 9.15 Å². The van der Waals surface area contributed by atoms with Gasteiger partial charge in [-0.2, -0.15) is 4.98 Å². The van der Waals surface area contributed by atoms with Crippen molar-refractivity contribution in [3.05, 3.63) is 11.5 Å². The van der Waals surface area contributed by atoms with Crippen molar-refractivity contribution in [3.8, 4) is 0 Å². The summed E-state index contributed by atoms with van der Waals surface area (Å²) in [7, 11) is 0. The van der Waals surface area contributed by atoms with Crippen molar-refractivity contribution in [2.24, 2.45) is 0 Å². The SMILES string of the molecule is Cc1nc(N2CCOCC2)oc1CC=O. The van der Waals surface area contributed by atoms with Crippen LogP contribution in [0.25, 0.3) is 0 Å². The van der Waals surface area contributed by atoms with Gasteiger partial charge in [0.1, 0.15) is 12.0 Å². The highest BCUT2D eigenvalue weighted by molar-refractivity contribution is 5.54. The number of morpholine rings is 1. The molecular formula is C10H14N2O3. The Labute approximate surface area is 88.0 Å². The molecule has 0 bridgehead atoms. The van der Waals surface area contributed by atoms with Crippen molar-refractivity contribution in [1.29, 1.82) is 0 Å². The van der Waals surface area contributed by atoms with Gasteiger partial charge in [-0.15, -0.1) is 0 Å². The molecule has 0 amide bonds. The summed E-state index contributed by atoms with van der Waals surface area (Å²) in [6.45, 7) is 4.84. The first kappa shape index (κ1) is 10.2. The monoisotopic (exact) mass is 210 g/mol. The fourth-order valence-electron chi connectivity index (χ4n) is 1.57. The van der Waals surface area contributed by atoms with Gasteiger partial charge >= 0.3 is 0 Å². The zero-order valence-corrected chi connectivity index (χ0v) is 8.73. The second kappa shape index (κ2) is 4.44. The Balaban J connectivity index is 2.13. The first-order chi connectivity index (χ1) is 7.31. The number of aryl methyl sites for hydroxylation is 1. The fraction of sp³-hybridized carbons (Fsp3) is 0.600. The van der Waals surface area contributed by atoms with E-state index in [-0.39, 0.29) is 0 Å². The summed E-state index contributed by atoms with van der Waals surface area (Å²) in [6.07, 6.45) is 1.12. The molecule has 15 heavy (non-hydrogen) atoms. The predicted octanol–water partition coefficient (Wildman–Crippen LogP) is 0.561. The Bertz CT molecular complexity index is 342. The van der Waals surface area contributed by atoms with E-state index in [0.717, 1.165) is 25.1 Å². The highest BCUT2D eigenvalue weighted by Crippen LogP contribution is 2.19. The van der Waals surface area contributed by atoms with Gasteiger partial charge in [0, 0.05) is 13.1 Å². The smallest absolute Gasteiger partial charge is 0.297 e. The first-order valence-electron chi connectivity index (χ1n) is 5.04. The van der Waals surface area contributed by atoms with Gasteiger partial charge in [0.2, 0.25) is 0 Å². The zero-order chi connectivity index (χ0) is 10.7. The van der Waals surface area contributed by atoms with E-state index in [1.54, 1.807) is 0 Å². The van der Waals surface area contributed by atoms with Crippen LogP contribution < -0.4 is 4.90 Å². The number of ether oxygens (including phenoxy) is 1. The Morgan fingerprint density at radius 2 is 2.20 bits per heavy atom. The summed E-state index contributed by atoms with van der Waals surface area (Å²) >= 11 is 0. The number of carbonyl (C=O) groups is 1. The van der Waals surface area contributed by atoms with E-state index in [9.17, 15) is 4.79 Å². The van der Waals surface area contributed by atoms with Gasteiger partial charge in [0.25, 0.3) is 6.01 Å². The van der Waals surface area contributed by atoms with E-state index in [0.29, 0.717) is 31.4 Å². The Morgan fingerprint density at radius 1 is 1.47 bits per heavy atom. The quantitative estimate of drug-likeness (QED) is 0.682. The summed E-state index contributed by atoms with van der Waals surface area (Å²) in [4.78, 5) is 16.7. The molecule has 0 saturated carbocycles. The Hall–Kier alpha value is -1.36. The van der Waals surface area contributed by atoms with Crippen molar-refractivity contribution in [2.45, 2.75) is 13.3 Å². The minimum Gasteiger partial charge on any atom is -0.428 e. The molecule has 1 aromatic heterocycles. The van der Waals surface area contributed by atoms with E-state index in [1.807, 2.05) is 11.8 Å². The van der Waals surface area contributed by atoms with E-state index < -0.39 is 0 Å². The van der Waals surface area contributed by atoms with Crippen LogP contribution in [0.2, 0.25) is 0 Å². The van der Waals surface area contributed by atoms with Gasteiger partial charge in [0.15, 0.2) is 0 Å². The zero-order valence-electron chi connectivity index (χ0n) is 8.73. The maximum absolute atomic E-state index is 10.4. The maximum Gasteiger partial charge on any atom is 0.297 e. The number of nitrogens with zero attached hydrogens (tertiary/aromatic N) is 2. The van der Waals surface area contributed by atoms with Crippen LogP contribution >= 0.6 is 0 Å². The largest absolute Gasteiger partial charge is 0.428 e. The lowest BCUT2D eigenvalue weighted by Gasteiger charge is -2.24. The number of aldehydes is 1. The van der Waals surface area contributed by atoms with Gasteiger partial charge in [-0.3, -0.25) is 0 Å². The van der Waals surface area contributed by atoms with E-state index >= 15 is 0 Å². The van der Waals surface area contributed by atoms with Crippen molar-refractivity contribution >= 4 is 12.3 Å². The molecule has 0 unspecified atom stereocenters. The number of anilines is 1. The molecule has 1 saturated heterocycles. The molecule has 0 spiro atoms. The summed E-state index contributed by atoms with van der Waals surface area (Å²) in [5.41, 5.74) is 0.795. The molecule has 0 radical (unpaired) electrons. The topological polar surface area (TPSA) is 55.6 Å². The maximum atomic E-state index is 10.4. The van der Waals surface area contributed by atoms with E-state index in [1.165, 1.54) is 0 Å². The summed E-state index contributed by atoms with van der Waals surface area (Å²) in [5, 5.41) is 0. The van der Waals surface area contributed by atoms with Crippen molar-refractivity contribution < 1.29 is 13.9 Å². The average Bonchev–Trinajstić information content (AvgIpc) is 2.63. The molecule has 5 heteroatoms. The summed E-state index contributed by atoms with van der Waals surface area (Å²) < 4.78 is 10.8. The van der Waals surface area contributed by atoms with Crippen LogP contribution in [0.1, 0.15) is 11.5 Å². The molecule has 1 aromatic rings. The number of aromatic nitrogens is 1. The van der Waals surface area contributed by atoms with Gasteiger partial charge in [-0.05, 0) is 6.92 Å². The average molecular weight is 210 g/mol. The van der Waals surface area contributed by atoms with Gasteiger partial charge in [0.05, 0.1) is 25.3 Å². The minimum absolute atomic E-state index is 0.295. The molecule has 2 rings (SSSR count). The molecule has 0 N–H and O–H groups in total. The highest BCUT2D eigenvalue weighted by atomic mass is 16.5. The van der Waals surface area contributed by atoms with Crippen LogP contribution in [0.5, 0.6) is 0 Å². The number of rotatable bonds is 3. The molecule has 0 atom stereocenters. The van der Waals surface area contributed by atoms with Crippen LogP contribution in [0.4, 0.5) is 6.01 Å². The third kappa shape index (κ3) is 2.18. The van der Waals surface area contributed by atoms with Crippen LogP contribution in [0.15, 0.2) is 4.42 Å².